The number of rotatable bonds is 4. The number of methoxy groups -OCH3 is 1. The molecule has 1 atom stereocenters. The molecule has 1 aromatic carbocycles. The number of fused-ring (bicyclic) bond motifs is 1. The maximum Gasteiger partial charge on any atom is 0.328 e. The van der Waals surface area contributed by atoms with Crippen molar-refractivity contribution in [2.45, 2.75) is 50.1 Å². The van der Waals surface area contributed by atoms with Crippen LogP contribution in [0.25, 0.3) is 0 Å². The molecule has 0 radical (unpaired) electrons. The minimum atomic E-state index is -0.932. The topological polar surface area (TPSA) is 58.6 Å². The molecule has 2 aliphatic carbocycles. The molecule has 0 amide bonds. The number of nitrogens with one attached hydrogen (secondary N) is 1. The van der Waals surface area contributed by atoms with E-state index in [0.717, 1.165) is 36.1 Å². The zero-order valence-electron chi connectivity index (χ0n) is 11.8. The molecule has 1 aromatic rings. The van der Waals surface area contributed by atoms with E-state index in [-0.39, 0.29) is 0 Å². The van der Waals surface area contributed by atoms with Gasteiger partial charge in [-0.15, -0.1) is 0 Å². The highest BCUT2D eigenvalue weighted by Gasteiger charge is 2.47. The Balaban J connectivity index is 1.98. The molecule has 1 saturated carbocycles. The highest BCUT2D eigenvalue weighted by atomic mass is 16.5. The largest absolute Gasteiger partial charge is 0.497 e. The molecule has 4 nitrogen and oxygen atoms in total. The molecule has 2 aliphatic rings. The Kier molecular flexibility index (Phi) is 3.42. The summed E-state index contributed by atoms with van der Waals surface area (Å²) >= 11 is 0. The molecule has 0 spiro atoms. The van der Waals surface area contributed by atoms with Gasteiger partial charge in [0.25, 0.3) is 0 Å². The number of benzene rings is 1. The lowest BCUT2D eigenvalue weighted by Gasteiger charge is -2.31. The first kappa shape index (κ1) is 13.4. The van der Waals surface area contributed by atoms with Crippen LogP contribution in [0.2, 0.25) is 0 Å². The van der Waals surface area contributed by atoms with Gasteiger partial charge in [-0.2, -0.15) is 0 Å². The van der Waals surface area contributed by atoms with Crippen molar-refractivity contribution in [3.63, 3.8) is 0 Å². The molecule has 0 aliphatic heterocycles. The van der Waals surface area contributed by atoms with E-state index in [2.05, 4.69) is 5.32 Å². The van der Waals surface area contributed by atoms with E-state index in [1.807, 2.05) is 18.2 Å². The zero-order valence-corrected chi connectivity index (χ0v) is 11.8. The lowest BCUT2D eigenvalue weighted by molar-refractivity contribution is -0.145. The van der Waals surface area contributed by atoms with Gasteiger partial charge in [-0.05, 0) is 48.9 Å². The van der Waals surface area contributed by atoms with Crippen LogP contribution < -0.4 is 10.1 Å². The first-order chi connectivity index (χ1) is 9.65. The number of carboxylic acid groups (broad SMARTS) is 1. The number of aliphatic carboxylic acids is 1. The third-order valence-electron chi connectivity index (χ3n) is 4.72. The summed E-state index contributed by atoms with van der Waals surface area (Å²) in [6.45, 7) is 0. The summed E-state index contributed by atoms with van der Waals surface area (Å²) < 4.78 is 5.26. The molecule has 0 heterocycles. The van der Waals surface area contributed by atoms with Crippen molar-refractivity contribution >= 4 is 5.97 Å². The van der Waals surface area contributed by atoms with Crippen molar-refractivity contribution in [3.8, 4) is 5.75 Å². The summed E-state index contributed by atoms with van der Waals surface area (Å²) in [5, 5.41) is 13.3. The quantitative estimate of drug-likeness (QED) is 0.886. The zero-order chi connectivity index (χ0) is 14.2. The van der Waals surface area contributed by atoms with Crippen molar-refractivity contribution < 1.29 is 14.6 Å². The van der Waals surface area contributed by atoms with Crippen LogP contribution in [0.4, 0.5) is 0 Å². The van der Waals surface area contributed by atoms with Gasteiger partial charge in [-0.1, -0.05) is 18.9 Å². The maximum atomic E-state index is 12.0. The Morgan fingerprint density at radius 3 is 2.80 bits per heavy atom. The third-order valence-corrected chi connectivity index (χ3v) is 4.72. The lowest BCUT2D eigenvalue weighted by atomic mass is 9.90. The van der Waals surface area contributed by atoms with Gasteiger partial charge in [0.2, 0.25) is 0 Å². The molecule has 20 heavy (non-hydrogen) atoms. The van der Waals surface area contributed by atoms with Gasteiger partial charge in [-0.3, -0.25) is 5.32 Å². The first-order valence-electron chi connectivity index (χ1n) is 7.34. The summed E-state index contributed by atoms with van der Waals surface area (Å²) in [4.78, 5) is 12.0. The van der Waals surface area contributed by atoms with Crippen LogP contribution in [-0.2, 0) is 16.8 Å². The van der Waals surface area contributed by atoms with Crippen molar-refractivity contribution in [3.05, 3.63) is 29.3 Å². The van der Waals surface area contributed by atoms with Gasteiger partial charge in [0, 0.05) is 6.04 Å². The predicted octanol–water partition coefficient (Wildman–Crippen LogP) is 2.45. The summed E-state index contributed by atoms with van der Waals surface area (Å²) in [7, 11) is 1.61. The molecule has 1 unspecified atom stereocenters. The van der Waals surface area contributed by atoms with Crippen molar-refractivity contribution in [2.24, 2.45) is 0 Å². The second-order valence-electron chi connectivity index (χ2n) is 5.86. The summed E-state index contributed by atoms with van der Waals surface area (Å²) in [6.07, 6.45) is 5.98. The highest BCUT2D eigenvalue weighted by molar-refractivity contribution is 5.83. The highest BCUT2D eigenvalue weighted by Crippen LogP contribution is 2.40. The monoisotopic (exact) mass is 275 g/mol. The molecule has 0 saturated heterocycles. The number of hydrogen-bond acceptors (Lipinski definition) is 3. The smallest absolute Gasteiger partial charge is 0.328 e. The average molecular weight is 275 g/mol. The van der Waals surface area contributed by atoms with Crippen LogP contribution in [0.3, 0.4) is 0 Å². The average Bonchev–Trinajstić information content (AvgIpc) is 3.07. The normalized spacial score (nSPS) is 25.6. The second-order valence-corrected chi connectivity index (χ2v) is 5.86. The number of carbonyl (C=O) groups is 1. The van der Waals surface area contributed by atoms with Gasteiger partial charge in [-0.25, -0.2) is 4.79 Å². The Bertz CT molecular complexity index is 522. The SMILES string of the molecule is COc1ccc2c(c1)C(NC1CCCC1)(C(=O)O)CC2. The van der Waals surface area contributed by atoms with Crippen molar-refractivity contribution in [2.75, 3.05) is 7.11 Å². The Labute approximate surface area is 119 Å². The molecular formula is C16H21NO3. The molecule has 0 bridgehead atoms. The van der Waals surface area contributed by atoms with Gasteiger partial charge < -0.3 is 9.84 Å². The Hall–Kier alpha value is -1.55. The molecule has 3 rings (SSSR count). The van der Waals surface area contributed by atoms with Crippen LogP contribution in [-0.4, -0.2) is 24.2 Å². The number of hydrogen-bond donors (Lipinski definition) is 2. The predicted molar refractivity (Wildman–Crippen MR) is 76.0 cm³/mol. The van der Waals surface area contributed by atoms with Gasteiger partial charge in [0.05, 0.1) is 7.11 Å². The van der Waals surface area contributed by atoms with E-state index in [4.69, 9.17) is 4.74 Å². The van der Waals surface area contributed by atoms with Crippen molar-refractivity contribution in [1.29, 1.82) is 0 Å². The van der Waals surface area contributed by atoms with Crippen LogP contribution in [0.5, 0.6) is 5.75 Å². The molecule has 1 fully saturated rings. The van der Waals surface area contributed by atoms with Gasteiger partial charge >= 0.3 is 5.97 Å². The van der Waals surface area contributed by atoms with Crippen LogP contribution >= 0.6 is 0 Å². The molecule has 4 heteroatoms. The van der Waals surface area contributed by atoms with Crippen LogP contribution in [0.15, 0.2) is 18.2 Å². The lowest BCUT2D eigenvalue weighted by Crippen LogP contribution is -2.51. The number of aryl methyl sites for hydroxylation is 1. The Morgan fingerprint density at radius 2 is 2.15 bits per heavy atom. The maximum absolute atomic E-state index is 12.0. The molecular weight excluding hydrogens is 254 g/mol. The van der Waals surface area contributed by atoms with E-state index in [9.17, 15) is 9.90 Å². The van der Waals surface area contributed by atoms with Crippen LogP contribution in [0, 0.1) is 0 Å². The van der Waals surface area contributed by atoms with E-state index < -0.39 is 11.5 Å². The van der Waals surface area contributed by atoms with E-state index in [1.54, 1.807) is 7.11 Å². The minimum absolute atomic E-state index is 0.322. The molecule has 0 aromatic heterocycles. The minimum Gasteiger partial charge on any atom is -0.497 e. The van der Waals surface area contributed by atoms with E-state index in [0.29, 0.717) is 12.5 Å². The fourth-order valence-electron chi connectivity index (χ4n) is 3.61. The van der Waals surface area contributed by atoms with E-state index in [1.165, 1.54) is 12.8 Å². The summed E-state index contributed by atoms with van der Waals surface area (Å²) in [6, 6.07) is 6.11. The number of ether oxygens (including phenoxy) is 1. The fraction of sp³-hybridized carbons (Fsp3) is 0.562. The standard InChI is InChI=1S/C16H21NO3/c1-20-13-7-6-11-8-9-16(15(18)19,14(11)10-13)17-12-4-2-3-5-12/h6-7,10,12,17H,2-5,8-9H2,1H3,(H,18,19). The fourth-order valence-corrected chi connectivity index (χ4v) is 3.61. The summed E-state index contributed by atoms with van der Waals surface area (Å²) in [5.74, 6) is -0.0408. The molecule has 108 valence electrons. The van der Waals surface area contributed by atoms with Crippen LogP contribution in [0.1, 0.15) is 43.2 Å². The number of carboxylic acids is 1. The molecule has 2 N–H and O–H groups in total. The summed E-state index contributed by atoms with van der Waals surface area (Å²) in [5.41, 5.74) is 1.08. The van der Waals surface area contributed by atoms with Crippen molar-refractivity contribution in [1.82, 2.24) is 5.32 Å². The van der Waals surface area contributed by atoms with Gasteiger partial charge in [0.15, 0.2) is 0 Å². The van der Waals surface area contributed by atoms with Gasteiger partial charge in [0.1, 0.15) is 11.3 Å². The Morgan fingerprint density at radius 1 is 1.40 bits per heavy atom. The van der Waals surface area contributed by atoms with E-state index >= 15 is 0 Å². The first-order valence-corrected chi connectivity index (χ1v) is 7.34. The third kappa shape index (κ3) is 2.08. The second kappa shape index (κ2) is 5.09.